The second-order valence-electron chi connectivity index (χ2n) is 3.88. The van der Waals surface area contributed by atoms with E-state index in [0.717, 1.165) is 31.9 Å². The molecule has 2 nitrogen and oxygen atoms in total. The SMILES string of the molecule is ClCCCc1csc(C2CCCOC2)n1. The molecule has 84 valence electrons. The summed E-state index contributed by atoms with van der Waals surface area (Å²) in [7, 11) is 0. The Morgan fingerprint density at radius 3 is 3.27 bits per heavy atom. The monoisotopic (exact) mass is 245 g/mol. The molecule has 0 radical (unpaired) electrons. The minimum absolute atomic E-state index is 0.536. The van der Waals surface area contributed by atoms with Gasteiger partial charge in [-0.15, -0.1) is 22.9 Å². The highest BCUT2D eigenvalue weighted by atomic mass is 35.5. The molecule has 1 fully saturated rings. The lowest BCUT2D eigenvalue weighted by molar-refractivity contribution is 0.0803. The molecule has 1 aliphatic heterocycles. The van der Waals surface area contributed by atoms with Crippen molar-refractivity contribution in [2.45, 2.75) is 31.6 Å². The van der Waals surface area contributed by atoms with Crippen molar-refractivity contribution < 1.29 is 4.74 Å². The molecule has 4 heteroatoms. The van der Waals surface area contributed by atoms with E-state index in [9.17, 15) is 0 Å². The Morgan fingerprint density at radius 1 is 1.60 bits per heavy atom. The van der Waals surface area contributed by atoms with Gasteiger partial charge in [0.15, 0.2) is 0 Å². The van der Waals surface area contributed by atoms with Crippen LogP contribution in [0.5, 0.6) is 0 Å². The van der Waals surface area contributed by atoms with Crippen LogP contribution in [-0.4, -0.2) is 24.1 Å². The molecule has 0 bridgehead atoms. The molecule has 0 spiro atoms. The summed E-state index contributed by atoms with van der Waals surface area (Å²) in [5.74, 6) is 1.26. The summed E-state index contributed by atoms with van der Waals surface area (Å²) in [5.41, 5.74) is 1.20. The van der Waals surface area contributed by atoms with Crippen molar-refractivity contribution >= 4 is 22.9 Å². The number of alkyl halides is 1. The van der Waals surface area contributed by atoms with Gasteiger partial charge in [0.25, 0.3) is 0 Å². The first-order valence-electron chi connectivity index (χ1n) is 5.48. The zero-order valence-corrected chi connectivity index (χ0v) is 10.3. The number of aryl methyl sites for hydroxylation is 1. The van der Waals surface area contributed by atoms with Crippen molar-refractivity contribution in [1.29, 1.82) is 0 Å². The molecule has 1 aromatic rings. The Labute approximate surface area is 99.6 Å². The maximum Gasteiger partial charge on any atom is 0.0982 e. The van der Waals surface area contributed by atoms with E-state index >= 15 is 0 Å². The standard InChI is InChI=1S/C11H16ClNOS/c12-5-1-4-10-8-15-11(13-10)9-3-2-6-14-7-9/h8-9H,1-7H2. The summed E-state index contributed by atoms with van der Waals surface area (Å²) in [6.07, 6.45) is 4.42. The van der Waals surface area contributed by atoms with Crippen LogP contribution in [0.25, 0.3) is 0 Å². The first kappa shape index (κ1) is 11.4. The molecule has 0 N–H and O–H groups in total. The van der Waals surface area contributed by atoms with E-state index in [1.54, 1.807) is 11.3 Å². The Hall–Kier alpha value is -0.120. The predicted molar refractivity (Wildman–Crippen MR) is 63.9 cm³/mol. The highest BCUT2D eigenvalue weighted by molar-refractivity contribution is 7.09. The summed E-state index contributed by atoms with van der Waals surface area (Å²) < 4.78 is 5.47. The molecule has 0 aliphatic carbocycles. The highest BCUT2D eigenvalue weighted by Gasteiger charge is 2.18. The maximum atomic E-state index is 5.66. The molecule has 15 heavy (non-hydrogen) atoms. The third kappa shape index (κ3) is 3.16. The smallest absolute Gasteiger partial charge is 0.0982 e. The van der Waals surface area contributed by atoms with Crippen LogP contribution >= 0.6 is 22.9 Å². The normalized spacial score (nSPS) is 21.8. The molecule has 1 saturated heterocycles. The van der Waals surface area contributed by atoms with Crippen molar-refractivity contribution in [3.05, 3.63) is 16.1 Å². The number of hydrogen-bond acceptors (Lipinski definition) is 3. The van der Waals surface area contributed by atoms with Crippen LogP contribution < -0.4 is 0 Å². The van der Waals surface area contributed by atoms with Crippen molar-refractivity contribution in [3.63, 3.8) is 0 Å². The van der Waals surface area contributed by atoms with Crippen molar-refractivity contribution in [3.8, 4) is 0 Å². The first-order chi connectivity index (χ1) is 7.40. The second-order valence-corrected chi connectivity index (χ2v) is 5.15. The lowest BCUT2D eigenvalue weighted by atomic mass is 10.0. The fourth-order valence-corrected chi connectivity index (χ4v) is 2.92. The second kappa shape index (κ2) is 5.83. The average Bonchev–Trinajstić information content (AvgIpc) is 2.76. The first-order valence-corrected chi connectivity index (χ1v) is 6.89. The van der Waals surface area contributed by atoms with Gasteiger partial charge in [0.1, 0.15) is 0 Å². The van der Waals surface area contributed by atoms with Gasteiger partial charge in [-0.2, -0.15) is 0 Å². The Balaban J connectivity index is 1.93. The van der Waals surface area contributed by atoms with Gasteiger partial charge in [0.2, 0.25) is 0 Å². The van der Waals surface area contributed by atoms with Crippen molar-refractivity contribution in [2.24, 2.45) is 0 Å². The van der Waals surface area contributed by atoms with Gasteiger partial charge in [-0.1, -0.05) is 0 Å². The fraction of sp³-hybridized carbons (Fsp3) is 0.727. The lowest BCUT2D eigenvalue weighted by Crippen LogP contribution is -2.15. The minimum Gasteiger partial charge on any atom is -0.381 e. The summed E-state index contributed by atoms with van der Waals surface area (Å²) in [4.78, 5) is 4.65. The van der Waals surface area contributed by atoms with Crippen LogP contribution in [0.4, 0.5) is 0 Å². The highest BCUT2D eigenvalue weighted by Crippen LogP contribution is 2.28. The third-order valence-corrected chi connectivity index (χ3v) is 3.97. The van der Waals surface area contributed by atoms with E-state index in [-0.39, 0.29) is 0 Å². The van der Waals surface area contributed by atoms with Crippen LogP contribution in [0.3, 0.4) is 0 Å². The molecular formula is C11H16ClNOS. The van der Waals surface area contributed by atoms with E-state index in [4.69, 9.17) is 16.3 Å². The van der Waals surface area contributed by atoms with Crippen LogP contribution in [0, 0.1) is 0 Å². The van der Waals surface area contributed by atoms with Gasteiger partial charge in [-0.25, -0.2) is 4.98 Å². The molecule has 0 aromatic carbocycles. The molecule has 1 atom stereocenters. The van der Waals surface area contributed by atoms with Gasteiger partial charge < -0.3 is 4.74 Å². The molecule has 2 heterocycles. The molecule has 2 rings (SSSR count). The van der Waals surface area contributed by atoms with Crippen LogP contribution in [0.2, 0.25) is 0 Å². The summed E-state index contributed by atoms with van der Waals surface area (Å²) in [5, 5.41) is 3.41. The number of nitrogens with zero attached hydrogens (tertiary/aromatic N) is 1. The van der Waals surface area contributed by atoms with Gasteiger partial charge in [-0.3, -0.25) is 0 Å². The largest absolute Gasteiger partial charge is 0.381 e. The van der Waals surface area contributed by atoms with Crippen LogP contribution in [0.1, 0.15) is 35.9 Å². The van der Waals surface area contributed by atoms with Crippen molar-refractivity contribution in [1.82, 2.24) is 4.98 Å². The van der Waals surface area contributed by atoms with Crippen LogP contribution in [0.15, 0.2) is 5.38 Å². The summed E-state index contributed by atoms with van der Waals surface area (Å²) in [6.45, 7) is 1.77. The minimum atomic E-state index is 0.536. The number of ether oxygens (including phenoxy) is 1. The molecule has 0 amide bonds. The molecule has 0 saturated carbocycles. The summed E-state index contributed by atoms with van der Waals surface area (Å²) >= 11 is 7.43. The van der Waals surface area contributed by atoms with E-state index in [0.29, 0.717) is 5.92 Å². The van der Waals surface area contributed by atoms with E-state index in [1.165, 1.54) is 23.5 Å². The van der Waals surface area contributed by atoms with Crippen molar-refractivity contribution in [2.75, 3.05) is 19.1 Å². The van der Waals surface area contributed by atoms with E-state index < -0.39 is 0 Å². The topological polar surface area (TPSA) is 22.1 Å². The number of thiazole rings is 1. The molecule has 1 unspecified atom stereocenters. The Kier molecular flexibility index (Phi) is 4.42. The van der Waals surface area contributed by atoms with Gasteiger partial charge in [0.05, 0.1) is 17.3 Å². The molecule has 1 aliphatic rings. The zero-order chi connectivity index (χ0) is 10.5. The fourth-order valence-electron chi connectivity index (χ4n) is 1.81. The number of halogens is 1. The lowest BCUT2D eigenvalue weighted by Gasteiger charge is -2.19. The predicted octanol–water partition coefficient (Wildman–Crippen LogP) is 3.21. The number of rotatable bonds is 4. The van der Waals surface area contributed by atoms with Gasteiger partial charge >= 0.3 is 0 Å². The summed E-state index contributed by atoms with van der Waals surface area (Å²) in [6, 6.07) is 0. The molecule has 1 aromatic heterocycles. The maximum absolute atomic E-state index is 5.66. The third-order valence-electron chi connectivity index (χ3n) is 2.65. The Morgan fingerprint density at radius 2 is 2.53 bits per heavy atom. The molecular weight excluding hydrogens is 230 g/mol. The zero-order valence-electron chi connectivity index (χ0n) is 8.75. The number of aromatic nitrogens is 1. The number of hydrogen-bond donors (Lipinski definition) is 0. The van der Waals surface area contributed by atoms with E-state index in [1.807, 2.05) is 0 Å². The quantitative estimate of drug-likeness (QED) is 0.760. The Bertz CT molecular complexity index is 297. The van der Waals surface area contributed by atoms with Crippen LogP contribution in [-0.2, 0) is 11.2 Å². The van der Waals surface area contributed by atoms with Gasteiger partial charge in [-0.05, 0) is 25.7 Å². The van der Waals surface area contributed by atoms with E-state index in [2.05, 4.69) is 10.4 Å². The van der Waals surface area contributed by atoms with Gasteiger partial charge in [0, 0.05) is 23.8 Å². The average molecular weight is 246 g/mol.